The summed E-state index contributed by atoms with van der Waals surface area (Å²) >= 11 is 5.97. The first-order chi connectivity index (χ1) is 9.61. The van der Waals surface area contributed by atoms with Crippen LogP contribution < -0.4 is 10.1 Å². The molecule has 0 aliphatic carbocycles. The molecule has 0 aliphatic rings. The third kappa shape index (κ3) is 3.50. The molecule has 106 valence electrons. The lowest BCUT2D eigenvalue weighted by Gasteiger charge is -2.12. The Morgan fingerprint density at radius 2 is 2.05 bits per heavy atom. The quantitative estimate of drug-likeness (QED) is 0.913. The van der Waals surface area contributed by atoms with Crippen LogP contribution in [-0.2, 0) is 13.1 Å². The number of rotatable bonds is 5. The van der Waals surface area contributed by atoms with Crippen molar-refractivity contribution in [2.24, 2.45) is 0 Å². The molecule has 0 amide bonds. The second-order valence-corrected chi connectivity index (χ2v) is 5.22. The van der Waals surface area contributed by atoms with Crippen LogP contribution in [0.1, 0.15) is 22.4 Å². The predicted molar refractivity (Wildman–Crippen MR) is 82.3 cm³/mol. The molecule has 1 aromatic carbocycles. The smallest absolute Gasteiger partial charge is 0.128 e. The zero-order valence-electron chi connectivity index (χ0n) is 12.0. The highest BCUT2D eigenvalue weighted by Gasteiger charge is 2.08. The molecule has 0 unspecified atom stereocenters. The lowest BCUT2D eigenvalue weighted by atomic mass is 10.1. The molecule has 2 rings (SSSR count). The Morgan fingerprint density at radius 1 is 1.25 bits per heavy atom. The van der Waals surface area contributed by atoms with Crippen LogP contribution in [-0.4, -0.2) is 12.1 Å². The van der Waals surface area contributed by atoms with E-state index in [-0.39, 0.29) is 0 Å². The standard InChI is InChI=1S/C16H19ClN2O/c1-11-8-19-15(12(2)16(11)20-3)10-18-9-13-5-4-6-14(17)7-13/h4-8,18H,9-10H2,1-3H3. The van der Waals surface area contributed by atoms with Gasteiger partial charge >= 0.3 is 0 Å². The van der Waals surface area contributed by atoms with Crippen molar-refractivity contribution in [1.29, 1.82) is 0 Å². The Hall–Kier alpha value is -1.58. The van der Waals surface area contributed by atoms with Crippen LogP contribution in [0.3, 0.4) is 0 Å². The van der Waals surface area contributed by atoms with E-state index < -0.39 is 0 Å². The maximum Gasteiger partial charge on any atom is 0.128 e. The van der Waals surface area contributed by atoms with E-state index in [1.54, 1.807) is 7.11 Å². The Balaban J connectivity index is 2.01. The molecule has 0 spiro atoms. The Labute approximate surface area is 124 Å². The van der Waals surface area contributed by atoms with E-state index in [1.807, 2.05) is 38.2 Å². The summed E-state index contributed by atoms with van der Waals surface area (Å²) in [6.07, 6.45) is 1.85. The molecule has 4 heteroatoms. The van der Waals surface area contributed by atoms with Gasteiger partial charge in [-0.1, -0.05) is 23.7 Å². The Bertz CT molecular complexity index is 599. The van der Waals surface area contributed by atoms with Crippen molar-refractivity contribution in [3.63, 3.8) is 0 Å². The number of nitrogens with zero attached hydrogens (tertiary/aromatic N) is 1. The van der Waals surface area contributed by atoms with E-state index in [1.165, 1.54) is 0 Å². The first kappa shape index (κ1) is 14.8. The highest BCUT2D eigenvalue weighted by atomic mass is 35.5. The molecular formula is C16H19ClN2O. The zero-order valence-corrected chi connectivity index (χ0v) is 12.8. The number of halogens is 1. The maximum atomic E-state index is 5.97. The van der Waals surface area contributed by atoms with Crippen LogP contribution in [0.15, 0.2) is 30.5 Å². The minimum absolute atomic E-state index is 0.703. The number of nitrogens with one attached hydrogen (secondary N) is 1. The van der Waals surface area contributed by atoms with Crippen molar-refractivity contribution in [2.45, 2.75) is 26.9 Å². The van der Waals surface area contributed by atoms with Crippen molar-refractivity contribution in [1.82, 2.24) is 10.3 Å². The van der Waals surface area contributed by atoms with Crippen molar-refractivity contribution in [3.8, 4) is 5.75 Å². The van der Waals surface area contributed by atoms with Crippen LogP contribution in [0.4, 0.5) is 0 Å². The average molecular weight is 291 g/mol. The third-order valence-electron chi connectivity index (χ3n) is 3.26. The van der Waals surface area contributed by atoms with E-state index in [2.05, 4.69) is 16.4 Å². The molecule has 1 heterocycles. The summed E-state index contributed by atoms with van der Waals surface area (Å²) in [4.78, 5) is 4.47. The molecule has 20 heavy (non-hydrogen) atoms. The van der Waals surface area contributed by atoms with Crippen molar-refractivity contribution < 1.29 is 4.74 Å². The molecule has 0 radical (unpaired) electrons. The van der Waals surface area contributed by atoms with Gasteiger partial charge < -0.3 is 10.1 Å². The lowest BCUT2D eigenvalue weighted by molar-refractivity contribution is 0.406. The van der Waals surface area contributed by atoms with E-state index in [0.717, 1.165) is 39.7 Å². The highest BCUT2D eigenvalue weighted by Crippen LogP contribution is 2.23. The monoisotopic (exact) mass is 290 g/mol. The van der Waals surface area contributed by atoms with Gasteiger partial charge in [-0.3, -0.25) is 4.98 Å². The molecule has 1 aromatic heterocycles. The molecule has 0 saturated heterocycles. The summed E-state index contributed by atoms with van der Waals surface area (Å²) in [7, 11) is 1.69. The fraction of sp³-hybridized carbons (Fsp3) is 0.312. The van der Waals surface area contributed by atoms with Crippen molar-refractivity contribution in [2.75, 3.05) is 7.11 Å². The SMILES string of the molecule is COc1c(C)cnc(CNCc2cccc(Cl)c2)c1C. The summed E-state index contributed by atoms with van der Waals surface area (Å²) in [5.74, 6) is 0.916. The van der Waals surface area contributed by atoms with Crippen LogP contribution in [0.2, 0.25) is 5.02 Å². The fourth-order valence-corrected chi connectivity index (χ4v) is 2.43. The van der Waals surface area contributed by atoms with Crippen molar-refractivity contribution in [3.05, 3.63) is 57.9 Å². The fourth-order valence-electron chi connectivity index (χ4n) is 2.22. The maximum absolute atomic E-state index is 5.97. The van der Waals surface area contributed by atoms with Crippen LogP contribution in [0.5, 0.6) is 5.75 Å². The molecule has 1 N–H and O–H groups in total. The Kier molecular flexibility index (Phi) is 4.99. The van der Waals surface area contributed by atoms with Gasteiger partial charge in [-0.25, -0.2) is 0 Å². The van der Waals surface area contributed by atoms with Gasteiger partial charge in [0.25, 0.3) is 0 Å². The normalized spacial score (nSPS) is 10.6. The number of methoxy groups -OCH3 is 1. The number of benzene rings is 1. The summed E-state index contributed by atoms with van der Waals surface area (Å²) in [6.45, 7) is 5.50. The zero-order chi connectivity index (χ0) is 14.5. The number of hydrogen-bond acceptors (Lipinski definition) is 3. The summed E-state index contributed by atoms with van der Waals surface area (Å²) in [5.41, 5.74) is 4.32. The average Bonchev–Trinajstić information content (AvgIpc) is 2.42. The second-order valence-electron chi connectivity index (χ2n) is 4.78. The first-order valence-electron chi connectivity index (χ1n) is 6.56. The molecule has 0 aliphatic heterocycles. The highest BCUT2D eigenvalue weighted by molar-refractivity contribution is 6.30. The lowest BCUT2D eigenvalue weighted by Crippen LogP contribution is -2.15. The molecule has 3 nitrogen and oxygen atoms in total. The van der Waals surface area contributed by atoms with Gasteiger partial charge in [-0.05, 0) is 31.5 Å². The number of ether oxygens (including phenoxy) is 1. The van der Waals surface area contributed by atoms with Gasteiger partial charge in [0, 0.05) is 35.4 Å². The third-order valence-corrected chi connectivity index (χ3v) is 3.50. The molecule has 0 saturated carbocycles. The molecule has 2 aromatic rings. The minimum Gasteiger partial charge on any atom is -0.496 e. The van der Waals surface area contributed by atoms with E-state index in [4.69, 9.17) is 16.3 Å². The van der Waals surface area contributed by atoms with Crippen LogP contribution in [0.25, 0.3) is 0 Å². The van der Waals surface area contributed by atoms with Crippen LogP contribution >= 0.6 is 11.6 Å². The number of aromatic nitrogens is 1. The Morgan fingerprint density at radius 3 is 2.75 bits per heavy atom. The largest absolute Gasteiger partial charge is 0.496 e. The van der Waals surface area contributed by atoms with Gasteiger partial charge in [0.1, 0.15) is 5.75 Å². The molecular weight excluding hydrogens is 272 g/mol. The molecule has 0 bridgehead atoms. The van der Waals surface area contributed by atoms with E-state index >= 15 is 0 Å². The van der Waals surface area contributed by atoms with Gasteiger partial charge in [0.2, 0.25) is 0 Å². The minimum atomic E-state index is 0.703. The van der Waals surface area contributed by atoms with Crippen LogP contribution in [0, 0.1) is 13.8 Å². The molecule has 0 fully saturated rings. The summed E-state index contributed by atoms with van der Waals surface area (Å²) < 4.78 is 5.41. The van der Waals surface area contributed by atoms with Gasteiger partial charge in [-0.2, -0.15) is 0 Å². The summed E-state index contributed by atoms with van der Waals surface area (Å²) in [5, 5.41) is 4.14. The van der Waals surface area contributed by atoms with Gasteiger partial charge in [0.15, 0.2) is 0 Å². The molecule has 0 atom stereocenters. The van der Waals surface area contributed by atoms with Gasteiger partial charge in [0.05, 0.1) is 12.8 Å². The van der Waals surface area contributed by atoms with Gasteiger partial charge in [-0.15, -0.1) is 0 Å². The van der Waals surface area contributed by atoms with Crippen molar-refractivity contribution >= 4 is 11.6 Å². The van der Waals surface area contributed by atoms with E-state index in [0.29, 0.717) is 6.54 Å². The summed E-state index contributed by atoms with van der Waals surface area (Å²) in [6, 6.07) is 7.85. The number of pyridine rings is 1. The van der Waals surface area contributed by atoms with E-state index in [9.17, 15) is 0 Å². The predicted octanol–water partition coefficient (Wildman–Crippen LogP) is 3.65. The first-order valence-corrected chi connectivity index (χ1v) is 6.94. The second kappa shape index (κ2) is 6.73. The topological polar surface area (TPSA) is 34.1 Å². The number of hydrogen-bond donors (Lipinski definition) is 1. The number of aryl methyl sites for hydroxylation is 1.